The average Bonchev–Trinajstić information content (AvgIpc) is 2.58. The first-order valence-electron chi connectivity index (χ1n) is 9.18. The normalized spacial score (nSPS) is 30.9. The summed E-state index contributed by atoms with van der Waals surface area (Å²) < 4.78 is 8.10. The molecular formula is C19H30N2O2. The highest BCUT2D eigenvalue weighted by atomic mass is 16.5. The van der Waals surface area contributed by atoms with Gasteiger partial charge in [0.25, 0.3) is 5.56 Å². The van der Waals surface area contributed by atoms with Gasteiger partial charge in [-0.1, -0.05) is 19.4 Å². The van der Waals surface area contributed by atoms with Crippen molar-refractivity contribution in [2.24, 2.45) is 11.7 Å². The van der Waals surface area contributed by atoms with Crippen LogP contribution in [0.1, 0.15) is 62.7 Å². The van der Waals surface area contributed by atoms with Crippen molar-refractivity contribution < 1.29 is 4.74 Å². The first-order chi connectivity index (χ1) is 11.1. The smallest absolute Gasteiger partial charge is 0.254 e. The number of ether oxygens (including phenoxy) is 1. The van der Waals surface area contributed by atoms with E-state index >= 15 is 0 Å². The van der Waals surface area contributed by atoms with Crippen molar-refractivity contribution in [2.45, 2.75) is 77.0 Å². The maximum absolute atomic E-state index is 12.6. The van der Waals surface area contributed by atoms with Gasteiger partial charge in [0, 0.05) is 17.3 Å². The van der Waals surface area contributed by atoms with E-state index in [1.165, 1.54) is 19.3 Å². The number of fused-ring (bicyclic) bond motifs is 1. The van der Waals surface area contributed by atoms with Crippen molar-refractivity contribution in [1.82, 2.24) is 4.57 Å². The molecule has 0 saturated heterocycles. The van der Waals surface area contributed by atoms with Gasteiger partial charge in [0.1, 0.15) is 0 Å². The van der Waals surface area contributed by atoms with E-state index in [1.54, 1.807) is 0 Å². The Morgan fingerprint density at radius 3 is 2.65 bits per heavy atom. The first kappa shape index (κ1) is 16.7. The molecule has 1 aromatic rings. The minimum atomic E-state index is -0.0185. The van der Waals surface area contributed by atoms with Crippen molar-refractivity contribution >= 4 is 0 Å². The molecule has 0 amide bonds. The third-order valence-electron chi connectivity index (χ3n) is 5.82. The lowest BCUT2D eigenvalue weighted by Gasteiger charge is -2.35. The highest BCUT2D eigenvalue weighted by molar-refractivity contribution is 5.18. The number of pyridine rings is 1. The van der Waals surface area contributed by atoms with Crippen molar-refractivity contribution in [2.75, 3.05) is 6.61 Å². The molecule has 2 N–H and O–H groups in total. The number of nitrogens with two attached hydrogens (primary N) is 1. The summed E-state index contributed by atoms with van der Waals surface area (Å²) in [4.78, 5) is 12.6. The summed E-state index contributed by atoms with van der Waals surface area (Å²) in [6.07, 6.45) is 8.28. The maximum atomic E-state index is 12.6. The topological polar surface area (TPSA) is 57.2 Å². The SMILES string of the molecule is CCC1CCC(OCC2C(N)CCc3ccc(C)c(=O)n32)CC1. The van der Waals surface area contributed by atoms with Gasteiger partial charge in [-0.25, -0.2) is 0 Å². The minimum absolute atomic E-state index is 0.00832. The summed E-state index contributed by atoms with van der Waals surface area (Å²) in [6, 6.07) is 3.99. The van der Waals surface area contributed by atoms with Gasteiger partial charge in [0.15, 0.2) is 0 Å². The van der Waals surface area contributed by atoms with Gasteiger partial charge in [-0.15, -0.1) is 0 Å². The molecule has 3 rings (SSSR count). The lowest BCUT2D eigenvalue weighted by atomic mass is 9.86. The molecule has 4 heteroatoms. The van der Waals surface area contributed by atoms with Crippen molar-refractivity contribution in [3.05, 3.63) is 33.7 Å². The lowest BCUT2D eigenvalue weighted by Crippen LogP contribution is -2.46. The van der Waals surface area contributed by atoms with E-state index in [9.17, 15) is 4.79 Å². The van der Waals surface area contributed by atoms with E-state index in [0.29, 0.717) is 12.7 Å². The fraction of sp³-hybridized carbons (Fsp3) is 0.737. The number of hydrogen-bond donors (Lipinski definition) is 1. The number of rotatable bonds is 4. The van der Waals surface area contributed by atoms with E-state index in [0.717, 1.165) is 42.9 Å². The van der Waals surface area contributed by atoms with Gasteiger partial charge in [-0.2, -0.15) is 0 Å². The second-order valence-electron chi connectivity index (χ2n) is 7.34. The van der Waals surface area contributed by atoms with Gasteiger partial charge in [-0.3, -0.25) is 4.79 Å². The zero-order valence-corrected chi connectivity index (χ0v) is 14.5. The van der Waals surface area contributed by atoms with Gasteiger partial charge in [0.05, 0.1) is 18.8 Å². The standard InChI is InChI=1S/C19H30N2O2/c1-3-14-5-9-16(10-6-14)23-12-18-17(20)11-8-15-7-4-13(2)19(22)21(15)18/h4,7,14,16-18H,3,5-6,8-12,20H2,1-2H3. The van der Waals surface area contributed by atoms with Crippen LogP contribution >= 0.6 is 0 Å². The van der Waals surface area contributed by atoms with E-state index < -0.39 is 0 Å². The number of nitrogens with zero attached hydrogens (tertiary/aromatic N) is 1. The summed E-state index contributed by atoms with van der Waals surface area (Å²) in [5, 5.41) is 0. The molecular weight excluding hydrogens is 288 g/mol. The molecule has 0 radical (unpaired) electrons. The Balaban J connectivity index is 1.69. The fourth-order valence-electron chi connectivity index (χ4n) is 4.10. The second-order valence-corrected chi connectivity index (χ2v) is 7.34. The molecule has 2 unspecified atom stereocenters. The zero-order chi connectivity index (χ0) is 16.4. The maximum Gasteiger partial charge on any atom is 0.254 e. The summed E-state index contributed by atoms with van der Waals surface area (Å²) >= 11 is 0. The summed E-state index contributed by atoms with van der Waals surface area (Å²) in [7, 11) is 0. The van der Waals surface area contributed by atoms with E-state index in [2.05, 4.69) is 13.0 Å². The Labute approximate surface area is 139 Å². The Kier molecular flexibility index (Phi) is 5.22. The van der Waals surface area contributed by atoms with Crippen LogP contribution in [0.2, 0.25) is 0 Å². The van der Waals surface area contributed by atoms with Crippen LogP contribution in [0.3, 0.4) is 0 Å². The second kappa shape index (κ2) is 7.18. The van der Waals surface area contributed by atoms with Crippen LogP contribution in [0.4, 0.5) is 0 Å². The highest BCUT2D eigenvalue weighted by Gasteiger charge is 2.29. The Bertz CT molecular complexity index is 588. The molecule has 2 heterocycles. The number of aromatic nitrogens is 1. The molecule has 1 aromatic heterocycles. The summed E-state index contributed by atoms with van der Waals surface area (Å²) in [5.74, 6) is 0.873. The minimum Gasteiger partial charge on any atom is -0.376 e. The third-order valence-corrected chi connectivity index (χ3v) is 5.82. The third kappa shape index (κ3) is 3.53. The van der Waals surface area contributed by atoms with Crippen molar-refractivity contribution in [3.63, 3.8) is 0 Å². The molecule has 1 aliphatic heterocycles. The zero-order valence-electron chi connectivity index (χ0n) is 14.5. The Morgan fingerprint density at radius 2 is 1.96 bits per heavy atom. The van der Waals surface area contributed by atoms with Gasteiger partial charge < -0.3 is 15.0 Å². The van der Waals surface area contributed by atoms with Crippen LogP contribution in [0.5, 0.6) is 0 Å². The van der Waals surface area contributed by atoms with E-state index in [-0.39, 0.29) is 17.6 Å². The Hall–Kier alpha value is -1.13. The largest absolute Gasteiger partial charge is 0.376 e. The fourth-order valence-corrected chi connectivity index (χ4v) is 4.10. The van der Waals surface area contributed by atoms with Crippen LogP contribution in [0.15, 0.2) is 16.9 Å². The molecule has 1 fully saturated rings. The van der Waals surface area contributed by atoms with E-state index in [1.807, 2.05) is 17.6 Å². The van der Waals surface area contributed by atoms with Crippen LogP contribution < -0.4 is 11.3 Å². The van der Waals surface area contributed by atoms with Crippen LogP contribution in [-0.2, 0) is 11.2 Å². The summed E-state index contributed by atoms with van der Waals surface area (Å²) in [6.45, 7) is 4.72. The van der Waals surface area contributed by atoms with Crippen LogP contribution in [0, 0.1) is 12.8 Å². The molecule has 2 atom stereocenters. The lowest BCUT2D eigenvalue weighted by molar-refractivity contribution is -0.00591. The van der Waals surface area contributed by atoms with Gasteiger partial charge in [-0.05, 0) is 57.4 Å². The first-order valence-corrected chi connectivity index (χ1v) is 9.18. The number of hydrogen-bond acceptors (Lipinski definition) is 3. The van der Waals surface area contributed by atoms with Gasteiger partial charge >= 0.3 is 0 Å². The van der Waals surface area contributed by atoms with Gasteiger partial charge in [0.2, 0.25) is 0 Å². The monoisotopic (exact) mass is 318 g/mol. The van der Waals surface area contributed by atoms with Crippen molar-refractivity contribution in [1.29, 1.82) is 0 Å². The molecule has 128 valence electrons. The quantitative estimate of drug-likeness (QED) is 0.928. The molecule has 0 spiro atoms. The average molecular weight is 318 g/mol. The molecule has 0 bridgehead atoms. The molecule has 2 aliphatic rings. The predicted molar refractivity (Wildman–Crippen MR) is 92.8 cm³/mol. The predicted octanol–water partition coefficient (Wildman–Crippen LogP) is 2.96. The molecule has 1 saturated carbocycles. The highest BCUT2D eigenvalue weighted by Crippen LogP contribution is 2.30. The van der Waals surface area contributed by atoms with Crippen LogP contribution in [0.25, 0.3) is 0 Å². The Morgan fingerprint density at radius 1 is 1.22 bits per heavy atom. The molecule has 23 heavy (non-hydrogen) atoms. The molecule has 4 nitrogen and oxygen atoms in total. The van der Waals surface area contributed by atoms with E-state index in [4.69, 9.17) is 10.5 Å². The molecule has 1 aliphatic carbocycles. The van der Waals surface area contributed by atoms with Crippen LogP contribution in [-0.4, -0.2) is 23.3 Å². The number of aryl methyl sites for hydroxylation is 2. The summed E-state index contributed by atoms with van der Waals surface area (Å²) in [5.41, 5.74) is 8.32. The van der Waals surface area contributed by atoms with Crippen molar-refractivity contribution in [3.8, 4) is 0 Å². The molecule has 0 aromatic carbocycles.